The second kappa shape index (κ2) is 7.88. The molecular formula is C16H23ClF2N2O. The van der Waals surface area contributed by atoms with Crippen molar-refractivity contribution in [3.63, 3.8) is 0 Å². The first-order chi connectivity index (χ1) is 9.88. The first kappa shape index (κ1) is 18.8. The van der Waals surface area contributed by atoms with Gasteiger partial charge >= 0.3 is 0 Å². The molecule has 1 aromatic rings. The van der Waals surface area contributed by atoms with Crippen molar-refractivity contribution in [2.45, 2.75) is 39.2 Å². The zero-order valence-corrected chi connectivity index (χ0v) is 13.7. The highest BCUT2D eigenvalue weighted by molar-refractivity contribution is 5.85. The van der Waals surface area contributed by atoms with Crippen molar-refractivity contribution < 1.29 is 13.6 Å². The summed E-state index contributed by atoms with van der Waals surface area (Å²) >= 11 is 0. The lowest BCUT2D eigenvalue weighted by Crippen LogP contribution is -2.53. The topological polar surface area (TPSA) is 41.1 Å². The Bertz CT molecular complexity index is 523. The summed E-state index contributed by atoms with van der Waals surface area (Å²) in [6, 6.07) is 3.49. The van der Waals surface area contributed by atoms with Crippen molar-refractivity contribution in [2.75, 3.05) is 13.1 Å². The van der Waals surface area contributed by atoms with E-state index >= 15 is 0 Å². The lowest BCUT2D eigenvalue weighted by atomic mass is 9.77. The summed E-state index contributed by atoms with van der Waals surface area (Å²) in [6.07, 6.45) is 2.19. The number of nitrogens with one attached hydrogen (secondary N) is 2. The van der Waals surface area contributed by atoms with E-state index in [0.29, 0.717) is 6.54 Å². The van der Waals surface area contributed by atoms with Gasteiger partial charge in [0, 0.05) is 18.7 Å². The first-order valence-electron chi connectivity index (χ1n) is 7.32. The monoisotopic (exact) mass is 332 g/mol. The van der Waals surface area contributed by atoms with Crippen molar-refractivity contribution in [2.24, 2.45) is 5.41 Å². The molecule has 6 heteroatoms. The number of carbonyl (C=O) groups excluding carboxylic acids is 1. The lowest BCUT2D eigenvalue weighted by Gasteiger charge is -2.39. The van der Waals surface area contributed by atoms with Crippen molar-refractivity contribution in [3.05, 3.63) is 35.4 Å². The summed E-state index contributed by atoms with van der Waals surface area (Å²) < 4.78 is 26.3. The fraction of sp³-hybridized carbons (Fsp3) is 0.562. The summed E-state index contributed by atoms with van der Waals surface area (Å²) in [6.45, 7) is 5.83. The molecule has 3 nitrogen and oxygen atoms in total. The molecule has 1 saturated heterocycles. The maximum Gasteiger partial charge on any atom is 0.224 e. The van der Waals surface area contributed by atoms with E-state index in [0.717, 1.165) is 31.5 Å². The van der Waals surface area contributed by atoms with E-state index in [1.807, 2.05) is 0 Å². The highest BCUT2D eigenvalue weighted by atomic mass is 35.5. The summed E-state index contributed by atoms with van der Waals surface area (Å²) in [5.74, 6) is -1.56. The van der Waals surface area contributed by atoms with E-state index < -0.39 is 11.6 Å². The average Bonchev–Trinajstić information content (AvgIpc) is 2.40. The SMILES string of the molecule is CC1(C)CCCNC1CNC(=O)Cc1ccc(F)cc1F.Cl. The predicted molar refractivity (Wildman–Crippen MR) is 85.1 cm³/mol. The van der Waals surface area contributed by atoms with Crippen LogP contribution in [0, 0.1) is 17.0 Å². The van der Waals surface area contributed by atoms with Crippen LogP contribution in [-0.2, 0) is 11.2 Å². The van der Waals surface area contributed by atoms with Crippen LogP contribution in [0.25, 0.3) is 0 Å². The molecule has 1 aliphatic heterocycles. The molecule has 1 unspecified atom stereocenters. The lowest BCUT2D eigenvalue weighted by molar-refractivity contribution is -0.120. The van der Waals surface area contributed by atoms with Crippen LogP contribution in [0.3, 0.4) is 0 Å². The molecule has 1 aromatic carbocycles. The Morgan fingerprint density at radius 1 is 1.41 bits per heavy atom. The Kier molecular flexibility index (Phi) is 6.75. The Labute approximate surface area is 136 Å². The molecule has 0 saturated carbocycles. The number of hydrogen-bond donors (Lipinski definition) is 2. The zero-order chi connectivity index (χ0) is 15.5. The molecule has 0 aliphatic carbocycles. The molecule has 1 fully saturated rings. The predicted octanol–water partition coefficient (Wildman–Crippen LogP) is 2.82. The van der Waals surface area contributed by atoms with Gasteiger partial charge in [0.15, 0.2) is 0 Å². The zero-order valence-electron chi connectivity index (χ0n) is 12.9. The second-order valence-electron chi connectivity index (χ2n) is 6.32. The minimum Gasteiger partial charge on any atom is -0.354 e. The molecule has 0 radical (unpaired) electrons. The molecule has 1 atom stereocenters. The van der Waals surface area contributed by atoms with Crippen LogP contribution in [0.4, 0.5) is 8.78 Å². The molecule has 0 bridgehead atoms. The number of hydrogen-bond acceptors (Lipinski definition) is 2. The van der Waals surface area contributed by atoms with E-state index in [2.05, 4.69) is 24.5 Å². The van der Waals surface area contributed by atoms with Gasteiger partial charge in [0.25, 0.3) is 0 Å². The van der Waals surface area contributed by atoms with Gasteiger partial charge in [-0.3, -0.25) is 4.79 Å². The van der Waals surface area contributed by atoms with Gasteiger partial charge in [-0.1, -0.05) is 19.9 Å². The molecule has 1 heterocycles. The van der Waals surface area contributed by atoms with Crippen LogP contribution in [0.2, 0.25) is 0 Å². The second-order valence-corrected chi connectivity index (χ2v) is 6.32. The summed E-state index contributed by atoms with van der Waals surface area (Å²) in [7, 11) is 0. The standard InChI is InChI=1S/C16H22F2N2O.ClH/c1-16(2)6-3-7-19-14(16)10-20-15(21)8-11-4-5-12(17)9-13(11)18;/h4-5,9,14,19H,3,6-8,10H2,1-2H3,(H,20,21);1H. The molecule has 1 amide bonds. The summed E-state index contributed by atoms with van der Waals surface area (Å²) in [5.41, 5.74) is 0.344. The maximum absolute atomic E-state index is 13.5. The van der Waals surface area contributed by atoms with Crippen molar-refractivity contribution in [3.8, 4) is 0 Å². The third kappa shape index (κ3) is 4.92. The van der Waals surface area contributed by atoms with Gasteiger partial charge in [-0.2, -0.15) is 0 Å². The number of rotatable bonds is 4. The van der Waals surface area contributed by atoms with Gasteiger partial charge in [0.2, 0.25) is 5.91 Å². The van der Waals surface area contributed by atoms with Gasteiger partial charge in [0.05, 0.1) is 6.42 Å². The largest absolute Gasteiger partial charge is 0.354 e. The molecule has 1 aliphatic rings. The molecule has 0 spiro atoms. The highest BCUT2D eigenvalue weighted by Gasteiger charge is 2.31. The highest BCUT2D eigenvalue weighted by Crippen LogP contribution is 2.29. The maximum atomic E-state index is 13.5. The van der Waals surface area contributed by atoms with Crippen molar-refractivity contribution in [1.29, 1.82) is 0 Å². The Hall–Kier alpha value is -1.20. The van der Waals surface area contributed by atoms with Crippen LogP contribution >= 0.6 is 12.4 Å². The van der Waals surface area contributed by atoms with Crippen LogP contribution in [0.5, 0.6) is 0 Å². The van der Waals surface area contributed by atoms with Gasteiger partial charge < -0.3 is 10.6 Å². The van der Waals surface area contributed by atoms with Gasteiger partial charge in [-0.25, -0.2) is 8.78 Å². The van der Waals surface area contributed by atoms with Gasteiger partial charge in [-0.05, 0) is 36.4 Å². The smallest absolute Gasteiger partial charge is 0.224 e. The van der Waals surface area contributed by atoms with E-state index in [1.165, 1.54) is 6.07 Å². The molecule has 124 valence electrons. The minimum atomic E-state index is -0.679. The third-order valence-electron chi connectivity index (χ3n) is 4.20. The molecule has 22 heavy (non-hydrogen) atoms. The van der Waals surface area contributed by atoms with Crippen LogP contribution in [0.1, 0.15) is 32.3 Å². The molecule has 0 aromatic heterocycles. The van der Waals surface area contributed by atoms with Crippen LogP contribution < -0.4 is 10.6 Å². The molecule has 2 N–H and O–H groups in total. The third-order valence-corrected chi connectivity index (χ3v) is 4.20. The van der Waals surface area contributed by atoms with Crippen LogP contribution in [0.15, 0.2) is 18.2 Å². The number of piperidine rings is 1. The van der Waals surface area contributed by atoms with Crippen molar-refractivity contribution in [1.82, 2.24) is 10.6 Å². The number of benzene rings is 1. The number of carbonyl (C=O) groups is 1. The number of halogens is 3. The quantitative estimate of drug-likeness (QED) is 0.890. The fourth-order valence-electron chi connectivity index (χ4n) is 2.74. The van der Waals surface area contributed by atoms with Gasteiger partial charge in [-0.15, -0.1) is 12.4 Å². The Morgan fingerprint density at radius 3 is 2.77 bits per heavy atom. The normalized spacial score (nSPS) is 20.1. The van der Waals surface area contributed by atoms with Crippen molar-refractivity contribution >= 4 is 18.3 Å². The Balaban J connectivity index is 0.00000242. The van der Waals surface area contributed by atoms with E-state index in [4.69, 9.17) is 0 Å². The molecular weight excluding hydrogens is 310 g/mol. The van der Waals surface area contributed by atoms with Crippen LogP contribution in [-0.4, -0.2) is 25.0 Å². The minimum absolute atomic E-state index is 0. The van der Waals surface area contributed by atoms with Gasteiger partial charge in [0.1, 0.15) is 11.6 Å². The average molecular weight is 333 g/mol. The van der Waals surface area contributed by atoms with E-state index in [1.54, 1.807) is 0 Å². The van der Waals surface area contributed by atoms with E-state index in [9.17, 15) is 13.6 Å². The fourth-order valence-corrected chi connectivity index (χ4v) is 2.74. The summed E-state index contributed by atoms with van der Waals surface area (Å²) in [4.78, 5) is 11.9. The number of amides is 1. The first-order valence-corrected chi connectivity index (χ1v) is 7.32. The Morgan fingerprint density at radius 2 is 2.14 bits per heavy atom. The summed E-state index contributed by atoms with van der Waals surface area (Å²) in [5, 5.41) is 6.25. The molecule has 2 rings (SSSR count). The van der Waals surface area contributed by atoms with E-state index in [-0.39, 0.29) is 41.8 Å².